The lowest BCUT2D eigenvalue weighted by Crippen LogP contribution is -2.60. The smallest absolute Gasteiger partial charge is 0.328 e. The normalized spacial score (nSPS) is 32.3. The molecule has 1 amide bonds. The number of sulfone groups is 1. The van der Waals surface area contributed by atoms with Crippen LogP contribution in [-0.2, 0) is 24.2 Å². The van der Waals surface area contributed by atoms with Gasteiger partial charge in [-0.1, -0.05) is 6.07 Å². The summed E-state index contributed by atoms with van der Waals surface area (Å²) in [5.41, 5.74) is 0.122. The highest BCUT2D eigenvalue weighted by Crippen LogP contribution is 2.49. The third kappa shape index (κ3) is 1.77. The zero-order valence-electron chi connectivity index (χ0n) is 12.3. The number of carboxylic acid groups (broad SMARTS) is 2. The second kappa shape index (κ2) is 4.87. The minimum Gasteiger partial charge on any atom is -0.480 e. The van der Waals surface area contributed by atoms with E-state index in [0.717, 1.165) is 6.92 Å². The number of carbonyl (C=O) groups excluding carboxylic acids is 1. The van der Waals surface area contributed by atoms with Crippen LogP contribution in [0.4, 0.5) is 0 Å². The fourth-order valence-electron chi connectivity index (χ4n) is 3.01. The van der Waals surface area contributed by atoms with Gasteiger partial charge in [-0.25, -0.2) is 13.2 Å². The van der Waals surface area contributed by atoms with Crippen molar-refractivity contribution in [1.82, 2.24) is 9.88 Å². The zero-order chi connectivity index (χ0) is 17.9. The molecule has 3 heterocycles. The maximum atomic E-state index is 12.7. The van der Waals surface area contributed by atoms with Crippen molar-refractivity contribution in [2.75, 3.05) is 0 Å². The Bertz CT molecular complexity index is 893. The van der Waals surface area contributed by atoms with E-state index in [0.29, 0.717) is 10.6 Å². The van der Waals surface area contributed by atoms with Gasteiger partial charge in [0.2, 0.25) is 0 Å². The number of aromatic nitrogens is 1. The molecule has 2 fully saturated rings. The summed E-state index contributed by atoms with van der Waals surface area (Å²) in [5, 5.41) is 17.0. The molecular weight excluding hydrogens is 340 g/mol. The van der Waals surface area contributed by atoms with Crippen molar-refractivity contribution in [3.05, 3.63) is 35.7 Å². The molecule has 3 rings (SSSR count). The van der Waals surface area contributed by atoms with Crippen LogP contribution in [0, 0.1) is 0 Å². The van der Waals surface area contributed by atoms with Crippen LogP contribution in [0.2, 0.25) is 0 Å². The number of carbonyl (C=O) groups is 3. The van der Waals surface area contributed by atoms with Gasteiger partial charge in [-0.3, -0.25) is 14.6 Å². The molecule has 3 atom stereocenters. The van der Waals surface area contributed by atoms with Gasteiger partial charge in [0.05, 0.1) is 11.3 Å². The van der Waals surface area contributed by atoms with Gasteiger partial charge < -0.3 is 15.1 Å². The molecule has 0 aromatic carbocycles. The Labute approximate surface area is 136 Å². The summed E-state index contributed by atoms with van der Waals surface area (Å²) < 4.78 is 22.7. The molecule has 0 unspecified atom stereocenters. The average molecular weight is 352 g/mol. The monoisotopic (exact) mass is 352 g/mol. The standard InChI is InChI=1S/C14H12N2O7S/c1-14(13(20)21)9(12(18)19)16-10(17)8(11(16)24(14,22)23)6-7-4-2-3-5-15-7/h2-6,9,11H,1H3,(H,18,19)(H,20,21)/b8-6-/t9-,11+,14+/m0/s1. The number of hydrogen-bond donors (Lipinski definition) is 2. The van der Waals surface area contributed by atoms with Gasteiger partial charge >= 0.3 is 11.9 Å². The van der Waals surface area contributed by atoms with E-state index in [1.54, 1.807) is 12.1 Å². The predicted molar refractivity (Wildman–Crippen MR) is 79.2 cm³/mol. The molecule has 2 saturated heterocycles. The van der Waals surface area contributed by atoms with Crippen molar-refractivity contribution in [2.45, 2.75) is 23.1 Å². The maximum Gasteiger partial charge on any atom is 0.328 e. The Morgan fingerprint density at radius 1 is 1.33 bits per heavy atom. The number of carboxylic acids is 2. The molecule has 0 saturated carbocycles. The lowest BCUT2D eigenvalue weighted by molar-refractivity contribution is -0.157. The van der Waals surface area contributed by atoms with Crippen LogP contribution >= 0.6 is 0 Å². The molecule has 126 valence electrons. The van der Waals surface area contributed by atoms with E-state index in [2.05, 4.69) is 4.98 Å². The van der Waals surface area contributed by atoms with E-state index in [1.165, 1.54) is 18.3 Å². The molecule has 0 spiro atoms. The number of pyridine rings is 1. The number of rotatable bonds is 3. The average Bonchev–Trinajstić information content (AvgIpc) is 2.69. The topological polar surface area (TPSA) is 142 Å². The van der Waals surface area contributed by atoms with Crippen LogP contribution in [0.5, 0.6) is 0 Å². The number of amides is 1. The molecule has 2 N–H and O–H groups in total. The Hall–Kier alpha value is -2.75. The fourth-order valence-corrected chi connectivity index (χ4v) is 5.27. The van der Waals surface area contributed by atoms with Crippen LogP contribution in [0.1, 0.15) is 12.6 Å². The van der Waals surface area contributed by atoms with E-state index in [9.17, 15) is 33.0 Å². The molecule has 24 heavy (non-hydrogen) atoms. The number of fused-ring (bicyclic) bond motifs is 1. The van der Waals surface area contributed by atoms with Gasteiger partial charge in [-0.15, -0.1) is 0 Å². The molecule has 2 aliphatic rings. The maximum absolute atomic E-state index is 12.7. The third-order valence-electron chi connectivity index (χ3n) is 4.33. The van der Waals surface area contributed by atoms with E-state index in [-0.39, 0.29) is 5.57 Å². The molecule has 1 aromatic rings. The minimum atomic E-state index is -4.49. The molecule has 0 bridgehead atoms. The summed E-state index contributed by atoms with van der Waals surface area (Å²) in [7, 11) is -4.49. The summed E-state index contributed by atoms with van der Waals surface area (Å²) in [6.45, 7) is 0.813. The molecule has 0 aliphatic carbocycles. The van der Waals surface area contributed by atoms with Crippen LogP contribution < -0.4 is 0 Å². The van der Waals surface area contributed by atoms with E-state index in [4.69, 9.17) is 0 Å². The highest BCUT2D eigenvalue weighted by atomic mass is 32.2. The van der Waals surface area contributed by atoms with Crippen LogP contribution in [0.15, 0.2) is 30.0 Å². The first-order valence-electron chi connectivity index (χ1n) is 6.79. The Balaban J connectivity index is 2.17. The summed E-state index contributed by atoms with van der Waals surface area (Å²) in [4.78, 5) is 39.8. The first kappa shape index (κ1) is 16.1. The van der Waals surface area contributed by atoms with Gasteiger partial charge in [0.25, 0.3) is 5.91 Å². The lowest BCUT2D eigenvalue weighted by atomic mass is 9.94. The van der Waals surface area contributed by atoms with Crippen LogP contribution in [0.3, 0.4) is 0 Å². The quantitative estimate of drug-likeness (QED) is 0.540. The largest absolute Gasteiger partial charge is 0.480 e. The molecular formula is C14H12N2O7S. The minimum absolute atomic E-state index is 0.190. The van der Waals surface area contributed by atoms with Gasteiger partial charge in [0, 0.05) is 6.20 Å². The Morgan fingerprint density at radius 3 is 2.50 bits per heavy atom. The Kier molecular flexibility index (Phi) is 3.27. The molecule has 10 heteroatoms. The predicted octanol–water partition coefficient (Wildman–Crippen LogP) is -0.642. The summed E-state index contributed by atoms with van der Waals surface area (Å²) in [6.07, 6.45) is 2.67. The first-order valence-corrected chi connectivity index (χ1v) is 8.33. The second-order valence-corrected chi connectivity index (χ2v) is 8.00. The van der Waals surface area contributed by atoms with Crippen molar-refractivity contribution in [2.24, 2.45) is 0 Å². The SMILES string of the molecule is C[C@]1(C(=O)O)[C@H](C(=O)O)N2C(=O)/C(=C/c3ccccn3)[C@H]2S1(=O)=O. The van der Waals surface area contributed by atoms with Gasteiger partial charge in [0.15, 0.2) is 26.0 Å². The van der Waals surface area contributed by atoms with Crippen molar-refractivity contribution in [1.29, 1.82) is 0 Å². The van der Waals surface area contributed by atoms with Gasteiger partial charge in [-0.2, -0.15) is 0 Å². The van der Waals surface area contributed by atoms with Crippen LogP contribution in [0.25, 0.3) is 6.08 Å². The van der Waals surface area contributed by atoms with Crippen LogP contribution in [-0.4, -0.2) is 62.5 Å². The van der Waals surface area contributed by atoms with Crippen molar-refractivity contribution in [3.8, 4) is 0 Å². The number of hydrogen-bond acceptors (Lipinski definition) is 6. The summed E-state index contributed by atoms with van der Waals surface area (Å²) >= 11 is 0. The highest BCUT2D eigenvalue weighted by molar-refractivity contribution is 7.95. The lowest BCUT2D eigenvalue weighted by Gasteiger charge is -2.37. The summed E-state index contributed by atoms with van der Waals surface area (Å²) in [5.74, 6) is -4.32. The molecule has 1 aromatic heterocycles. The van der Waals surface area contributed by atoms with E-state index >= 15 is 0 Å². The van der Waals surface area contributed by atoms with Crippen molar-refractivity contribution >= 4 is 33.8 Å². The second-order valence-electron chi connectivity index (χ2n) is 5.62. The first-order chi connectivity index (χ1) is 11.1. The zero-order valence-corrected chi connectivity index (χ0v) is 13.1. The number of β-lactam (4-membered cyclic amide) rings is 1. The van der Waals surface area contributed by atoms with E-state index < -0.39 is 43.8 Å². The molecule has 9 nitrogen and oxygen atoms in total. The third-order valence-corrected chi connectivity index (χ3v) is 6.98. The summed E-state index contributed by atoms with van der Waals surface area (Å²) in [6, 6.07) is 2.81. The van der Waals surface area contributed by atoms with E-state index in [1.807, 2.05) is 0 Å². The van der Waals surface area contributed by atoms with Gasteiger partial charge in [0.1, 0.15) is 0 Å². The van der Waals surface area contributed by atoms with Crippen molar-refractivity contribution < 1.29 is 33.0 Å². The van der Waals surface area contributed by atoms with Gasteiger partial charge in [-0.05, 0) is 25.1 Å². The Morgan fingerprint density at radius 2 is 2.00 bits per heavy atom. The molecule has 2 aliphatic heterocycles. The number of nitrogens with zero attached hydrogens (tertiary/aromatic N) is 2. The fraction of sp³-hybridized carbons (Fsp3) is 0.286. The highest BCUT2D eigenvalue weighted by Gasteiger charge is 2.75. The number of aliphatic carboxylic acids is 2. The van der Waals surface area contributed by atoms with Crippen molar-refractivity contribution in [3.63, 3.8) is 0 Å². The molecule has 0 radical (unpaired) electrons.